The fourth-order valence-corrected chi connectivity index (χ4v) is 1.05. The molecule has 0 fully saturated rings. The smallest absolute Gasteiger partial charge is 0.241 e. The zero-order valence-electron chi connectivity index (χ0n) is 9.44. The summed E-state index contributed by atoms with van der Waals surface area (Å²) < 4.78 is 9.96. The molecule has 1 amide bonds. The summed E-state index contributed by atoms with van der Waals surface area (Å²) in [6.45, 7) is 3.61. The van der Waals surface area contributed by atoms with E-state index in [1.165, 1.54) is 6.08 Å². The number of nitrogens with two attached hydrogens (primary N) is 1. The molecule has 0 heterocycles. The maximum absolute atomic E-state index is 10.5. The summed E-state index contributed by atoms with van der Waals surface area (Å²) in [5.74, 6) is -0.423. The number of primary amides is 1. The molecule has 0 spiro atoms. The van der Waals surface area contributed by atoms with E-state index in [1.807, 2.05) is 0 Å². The van der Waals surface area contributed by atoms with Crippen molar-refractivity contribution in [2.75, 3.05) is 47.1 Å². The van der Waals surface area contributed by atoms with Crippen LogP contribution < -0.4 is 5.73 Å². The Hall–Kier alpha value is -0.910. The molecule has 0 aromatic heterocycles. The predicted molar refractivity (Wildman–Crippen MR) is 58.5 cm³/mol. The SMILES string of the molecule is COCCN(CC=CC(N)=O)CCOC. The molecule has 5 heteroatoms. The molecule has 2 N–H and O–H groups in total. The van der Waals surface area contributed by atoms with Gasteiger partial charge in [0.25, 0.3) is 0 Å². The van der Waals surface area contributed by atoms with Crippen molar-refractivity contribution in [3.8, 4) is 0 Å². The predicted octanol–water partition coefficient (Wildman–Crippen LogP) is -0.377. The van der Waals surface area contributed by atoms with Crippen LogP contribution >= 0.6 is 0 Å². The molecule has 0 aliphatic rings. The van der Waals surface area contributed by atoms with E-state index in [0.717, 1.165) is 13.1 Å². The number of carbonyl (C=O) groups excluding carboxylic acids is 1. The molecule has 0 unspecified atom stereocenters. The highest BCUT2D eigenvalue weighted by Gasteiger charge is 2.01. The summed E-state index contributed by atoms with van der Waals surface area (Å²) >= 11 is 0. The van der Waals surface area contributed by atoms with Crippen LogP contribution in [0.5, 0.6) is 0 Å². The number of hydrogen-bond donors (Lipinski definition) is 1. The highest BCUT2D eigenvalue weighted by molar-refractivity contribution is 5.85. The van der Waals surface area contributed by atoms with Crippen LogP contribution in [0.25, 0.3) is 0 Å². The van der Waals surface area contributed by atoms with Crippen molar-refractivity contribution in [2.45, 2.75) is 0 Å². The van der Waals surface area contributed by atoms with Gasteiger partial charge in [-0.25, -0.2) is 0 Å². The van der Waals surface area contributed by atoms with Crippen LogP contribution in [-0.2, 0) is 14.3 Å². The first-order valence-corrected chi connectivity index (χ1v) is 4.87. The Morgan fingerprint density at radius 1 is 1.27 bits per heavy atom. The van der Waals surface area contributed by atoms with Gasteiger partial charge in [-0.05, 0) is 6.08 Å². The zero-order valence-corrected chi connectivity index (χ0v) is 9.44. The second kappa shape index (κ2) is 9.64. The van der Waals surface area contributed by atoms with Crippen LogP contribution in [0.1, 0.15) is 0 Å². The van der Waals surface area contributed by atoms with Crippen LogP contribution in [0.3, 0.4) is 0 Å². The van der Waals surface area contributed by atoms with Gasteiger partial charge >= 0.3 is 0 Å². The minimum atomic E-state index is -0.423. The van der Waals surface area contributed by atoms with E-state index >= 15 is 0 Å². The maximum Gasteiger partial charge on any atom is 0.241 e. The van der Waals surface area contributed by atoms with Crippen molar-refractivity contribution in [1.82, 2.24) is 4.90 Å². The quantitative estimate of drug-likeness (QED) is 0.534. The van der Waals surface area contributed by atoms with Gasteiger partial charge in [-0.2, -0.15) is 0 Å². The average Bonchev–Trinajstić information content (AvgIpc) is 2.20. The molecular weight excluding hydrogens is 196 g/mol. The first kappa shape index (κ1) is 14.1. The topological polar surface area (TPSA) is 64.8 Å². The summed E-state index contributed by atoms with van der Waals surface area (Å²) in [7, 11) is 3.32. The van der Waals surface area contributed by atoms with Gasteiger partial charge in [0.2, 0.25) is 5.91 Å². The van der Waals surface area contributed by atoms with Gasteiger partial charge in [0.1, 0.15) is 0 Å². The Bertz CT molecular complexity index is 187. The Balaban J connectivity index is 3.82. The summed E-state index contributed by atoms with van der Waals surface area (Å²) in [5.41, 5.74) is 4.99. The van der Waals surface area contributed by atoms with Crippen molar-refractivity contribution in [2.24, 2.45) is 5.73 Å². The summed E-state index contributed by atoms with van der Waals surface area (Å²) in [4.78, 5) is 12.6. The number of amides is 1. The fourth-order valence-electron chi connectivity index (χ4n) is 1.05. The lowest BCUT2D eigenvalue weighted by Gasteiger charge is -2.19. The van der Waals surface area contributed by atoms with E-state index in [1.54, 1.807) is 20.3 Å². The normalized spacial score (nSPS) is 11.4. The van der Waals surface area contributed by atoms with Gasteiger partial charge in [0, 0.05) is 33.9 Å². The minimum absolute atomic E-state index is 0.423. The molecule has 88 valence electrons. The van der Waals surface area contributed by atoms with Gasteiger partial charge in [-0.3, -0.25) is 9.69 Å². The van der Waals surface area contributed by atoms with Gasteiger partial charge in [0.15, 0.2) is 0 Å². The van der Waals surface area contributed by atoms with Gasteiger partial charge in [0.05, 0.1) is 13.2 Å². The standard InChI is InChI=1S/C10H20N2O3/c1-14-8-6-12(7-9-15-2)5-3-4-10(11)13/h3-4H,5-9H2,1-2H3,(H2,11,13). The van der Waals surface area contributed by atoms with Gasteiger partial charge < -0.3 is 15.2 Å². The number of hydrogen-bond acceptors (Lipinski definition) is 4. The van der Waals surface area contributed by atoms with E-state index in [4.69, 9.17) is 15.2 Å². The van der Waals surface area contributed by atoms with E-state index in [0.29, 0.717) is 19.8 Å². The van der Waals surface area contributed by atoms with Crippen LogP contribution in [-0.4, -0.2) is 57.9 Å². The molecule has 0 aromatic carbocycles. The maximum atomic E-state index is 10.5. The first-order valence-electron chi connectivity index (χ1n) is 4.87. The molecule has 0 aromatic rings. The third kappa shape index (κ3) is 9.40. The van der Waals surface area contributed by atoms with Crippen molar-refractivity contribution < 1.29 is 14.3 Å². The molecule has 0 aliphatic carbocycles. The molecule has 15 heavy (non-hydrogen) atoms. The molecule has 5 nitrogen and oxygen atoms in total. The Kier molecular flexibility index (Phi) is 9.05. The van der Waals surface area contributed by atoms with Crippen LogP contribution in [0.2, 0.25) is 0 Å². The largest absolute Gasteiger partial charge is 0.383 e. The summed E-state index contributed by atoms with van der Waals surface area (Å²) in [6, 6.07) is 0. The monoisotopic (exact) mass is 216 g/mol. The molecule has 0 rings (SSSR count). The highest BCUT2D eigenvalue weighted by atomic mass is 16.5. The first-order chi connectivity index (χ1) is 7.20. The van der Waals surface area contributed by atoms with Crippen LogP contribution in [0, 0.1) is 0 Å². The number of carbonyl (C=O) groups is 1. The third-order valence-corrected chi connectivity index (χ3v) is 1.87. The molecule has 0 radical (unpaired) electrons. The van der Waals surface area contributed by atoms with E-state index < -0.39 is 5.91 Å². The van der Waals surface area contributed by atoms with Crippen molar-refractivity contribution in [3.63, 3.8) is 0 Å². The van der Waals surface area contributed by atoms with Crippen LogP contribution in [0.15, 0.2) is 12.2 Å². The van der Waals surface area contributed by atoms with E-state index in [9.17, 15) is 4.79 Å². The summed E-state index contributed by atoms with van der Waals surface area (Å²) in [5, 5.41) is 0. The zero-order chi connectivity index (χ0) is 11.5. The molecule has 0 saturated carbocycles. The van der Waals surface area contributed by atoms with Gasteiger partial charge in [-0.1, -0.05) is 6.08 Å². The van der Waals surface area contributed by atoms with Crippen molar-refractivity contribution in [3.05, 3.63) is 12.2 Å². The second-order valence-electron chi connectivity index (χ2n) is 3.09. The van der Waals surface area contributed by atoms with Gasteiger partial charge in [-0.15, -0.1) is 0 Å². The fraction of sp³-hybridized carbons (Fsp3) is 0.700. The lowest BCUT2D eigenvalue weighted by Crippen LogP contribution is -2.31. The highest BCUT2D eigenvalue weighted by Crippen LogP contribution is 1.90. The molecule has 0 bridgehead atoms. The second-order valence-corrected chi connectivity index (χ2v) is 3.09. The summed E-state index contributed by atoms with van der Waals surface area (Å²) in [6.07, 6.45) is 3.11. The van der Waals surface area contributed by atoms with Crippen LogP contribution in [0.4, 0.5) is 0 Å². The van der Waals surface area contributed by atoms with E-state index in [2.05, 4.69) is 4.90 Å². The number of ether oxygens (including phenoxy) is 2. The van der Waals surface area contributed by atoms with Crippen molar-refractivity contribution in [1.29, 1.82) is 0 Å². The third-order valence-electron chi connectivity index (χ3n) is 1.87. The molecular formula is C10H20N2O3. The number of methoxy groups -OCH3 is 2. The van der Waals surface area contributed by atoms with Crippen molar-refractivity contribution >= 4 is 5.91 Å². The average molecular weight is 216 g/mol. The Labute approximate surface area is 90.8 Å². The number of nitrogens with zero attached hydrogens (tertiary/aromatic N) is 1. The Morgan fingerprint density at radius 2 is 1.80 bits per heavy atom. The van der Waals surface area contributed by atoms with E-state index in [-0.39, 0.29) is 0 Å². The molecule has 0 aliphatic heterocycles. The lowest BCUT2D eigenvalue weighted by molar-refractivity contribution is -0.113. The number of rotatable bonds is 9. The Morgan fingerprint density at radius 3 is 2.20 bits per heavy atom. The molecule has 0 saturated heterocycles. The molecule has 0 atom stereocenters. The minimum Gasteiger partial charge on any atom is -0.383 e. The lowest BCUT2D eigenvalue weighted by atomic mass is 10.4.